The van der Waals surface area contributed by atoms with Crippen LogP contribution in [0, 0.1) is 6.92 Å². The molecule has 0 saturated carbocycles. The smallest absolute Gasteiger partial charge is 0.325 e. The Hall–Kier alpha value is -4.57. The number of aryl methyl sites for hydroxylation is 1. The molecular formula is C35H40N4O5S. The topological polar surface area (TPSA) is 131 Å². The van der Waals surface area contributed by atoms with Crippen LogP contribution in [0.2, 0.25) is 0 Å². The van der Waals surface area contributed by atoms with Gasteiger partial charge in [0.25, 0.3) is 5.91 Å². The van der Waals surface area contributed by atoms with Crippen molar-refractivity contribution in [3.05, 3.63) is 87.9 Å². The van der Waals surface area contributed by atoms with Crippen LogP contribution in [0.25, 0.3) is 22.5 Å². The van der Waals surface area contributed by atoms with Crippen LogP contribution in [0.15, 0.2) is 67.0 Å². The molecule has 0 fully saturated rings. The molecular weight excluding hydrogens is 588 g/mol. The van der Waals surface area contributed by atoms with E-state index in [0.717, 1.165) is 38.4 Å². The van der Waals surface area contributed by atoms with E-state index in [-0.39, 0.29) is 23.8 Å². The third-order valence-electron chi connectivity index (χ3n) is 7.09. The lowest BCUT2D eigenvalue weighted by Crippen LogP contribution is -2.51. The summed E-state index contributed by atoms with van der Waals surface area (Å²) in [5.74, 6) is -0.728. The van der Waals surface area contributed by atoms with Crippen molar-refractivity contribution in [1.29, 1.82) is 0 Å². The lowest BCUT2D eigenvalue weighted by atomic mass is 9.95. The number of amides is 2. The SMILES string of the molecule is Cc1cc(-c2cnc(-c3ccc(C[C@H](NC(=O)c4ccc(C(C)(C)C)s4)C(=O)N[C@H](C)C(=O)O)cc3)nc2)ccc1OC(C)C. The van der Waals surface area contributed by atoms with Gasteiger partial charge in [-0.2, -0.15) is 0 Å². The quantitative estimate of drug-likeness (QED) is 0.180. The number of nitrogens with one attached hydrogen (secondary N) is 2. The molecule has 0 aliphatic carbocycles. The Bertz CT molecular complexity index is 1660. The average molecular weight is 629 g/mol. The molecule has 236 valence electrons. The first-order chi connectivity index (χ1) is 21.2. The Kier molecular flexibility index (Phi) is 10.4. The van der Waals surface area contributed by atoms with Crippen LogP contribution in [0.4, 0.5) is 0 Å². The predicted molar refractivity (Wildman–Crippen MR) is 177 cm³/mol. The number of aliphatic carboxylic acids is 1. The molecule has 0 aliphatic rings. The summed E-state index contributed by atoms with van der Waals surface area (Å²) in [7, 11) is 0. The summed E-state index contributed by atoms with van der Waals surface area (Å²) in [6.45, 7) is 13.6. The lowest BCUT2D eigenvalue weighted by molar-refractivity contribution is -0.141. The summed E-state index contributed by atoms with van der Waals surface area (Å²) in [5, 5.41) is 14.6. The Morgan fingerprint density at radius 3 is 2.09 bits per heavy atom. The molecule has 10 heteroatoms. The number of ether oxygens (including phenoxy) is 1. The summed E-state index contributed by atoms with van der Waals surface area (Å²) < 4.78 is 5.84. The number of thiophene rings is 1. The minimum atomic E-state index is -1.16. The zero-order chi connectivity index (χ0) is 32.9. The van der Waals surface area contributed by atoms with Gasteiger partial charge in [-0.1, -0.05) is 51.1 Å². The van der Waals surface area contributed by atoms with Crippen LogP contribution in [-0.2, 0) is 21.4 Å². The second-order valence-electron chi connectivity index (χ2n) is 12.4. The molecule has 0 bridgehead atoms. The molecule has 9 nitrogen and oxygen atoms in total. The third-order valence-corrected chi connectivity index (χ3v) is 8.60. The van der Waals surface area contributed by atoms with Crippen LogP contribution < -0.4 is 15.4 Å². The molecule has 3 N–H and O–H groups in total. The van der Waals surface area contributed by atoms with Crippen LogP contribution in [0.5, 0.6) is 5.75 Å². The van der Waals surface area contributed by atoms with E-state index >= 15 is 0 Å². The van der Waals surface area contributed by atoms with Gasteiger partial charge in [0, 0.05) is 34.8 Å². The van der Waals surface area contributed by atoms with E-state index in [1.807, 2.05) is 63.2 Å². The summed E-state index contributed by atoms with van der Waals surface area (Å²) >= 11 is 1.37. The van der Waals surface area contributed by atoms with Crippen molar-refractivity contribution in [2.75, 3.05) is 0 Å². The molecule has 2 atom stereocenters. The lowest BCUT2D eigenvalue weighted by Gasteiger charge is -2.20. The number of aromatic nitrogens is 2. The number of hydrogen-bond donors (Lipinski definition) is 3. The van der Waals surface area contributed by atoms with E-state index < -0.39 is 24.0 Å². The van der Waals surface area contributed by atoms with Crippen molar-refractivity contribution in [3.63, 3.8) is 0 Å². The first kappa shape index (κ1) is 33.3. The van der Waals surface area contributed by atoms with Gasteiger partial charge < -0.3 is 20.5 Å². The number of benzene rings is 2. The number of carbonyl (C=O) groups excluding carboxylic acids is 2. The highest BCUT2D eigenvalue weighted by Crippen LogP contribution is 2.30. The highest BCUT2D eigenvalue weighted by atomic mass is 32.1. The van der Waals surface area contributed by atoms with Gasteiger partial charge in [0.05, 0.1) is 11.0 Å². The molecule has 0 aliphatic heterocycles. The van der Waals surface area contributed by atoms with Crippen LogP contribution in [-0.4, -0.2) is 51.0 Å². The van der Waals surface area contributed by atoms with Gasteiger partial charge >= 0.3 is 5.97 Å². The van der Waals surface area contributed by atoms with Gasteiger partial charge in [-0.3, -0.25) is 14.4 Å². The predicted octanol–water partition coefficient (Wildman–Crippen LogP) is 6.20. The monoisotopic (exact) mass is 628 g/mol. The molecule has 2 heterocycles. The van der Waals surface area contributed by atoms with Gasteiger partial charge in [-0.05, 0) is 74.1 Å². The first-order valence-electron chi connectivity index (χ1n) is 14.8. The van der Waals surface area contributed by atoms with Crippen LogP contribution in [0.1, 0.15) is 67.2 Å². The maximum Gasteiger partial charge on any atom is 0.325 e. The fourth-order valence-corrected chi connectivity index (χ4v) is 5.51. The molecule has 0 saturated heterocycles. The average Bonchev–Trinajstić information content (AvgIpc) is 3.50. The largest absolute Gasteiger partial charge is 0.491 e. The molecule has 0 unspecified atom stereocenters. The molecule has 2 amide bonds. The standard InChI is InChI=1S/C35H40N4O5S/c1-20(2)44-28-13-12-25(16-21(28)3)26-18-36-31(37-19-26)24-10-8-23(9-11-24)17-27(32(40)38-22(4)34(42)43)39-33(41)29-14-15-30(45-29)35(5,6)7/h8-16,18-20,22,27H,17H2,1-7H3,(H,38,40)(H,39,41)(H,42,43)/t22-,27+/m1/s1. The summed E-state index contributed by atoms with van der Waals surface area (Å²) in [5.41, 5.74) is 4.36. The number of nitrogens with zero attached hydrogens (tertiary/aromatic N) is 2. The maximum absolute atomic E-state index is 13.1. The molecule has 2 aromatic heterocycles. The van der Waals surface area contributed by atoms with Crippen molar-refractivity contribution >= 4 is 29.1 Å². The molecule has 0 radical (unpaired) electrons. The van der Waals surface area contributed by atoms with E-state index in [9.17, 15) is 19.5 Å². The summed E-state index contributed by atoms with van der Waals surface area (Å²) in [6.07, 6.45) is 3.82. The fourth-order valence-electron chi connectivity index (χ4n) is 4.54. The van der Waals surface area contributed by atoms with Crippen LogP contribution >= 0.6 is 11.3 Å². The summed E-state index contributed by atoms with van der Waals surface area (Å²) in [4.78, 5) is 48.3. The molecule has 2 aromatic carbocycles. The number of rotatable bonds is 11. The fraction of sp³-hybridized carbons (Fsp3) is 0.343. The Morgan fingerprint density at radius 2 is 1.53 bits per heavy atom. The molecule has 4 rings (SSSR count). The third kappa shape index (κ3) is 8.76. The second-order valence-corrected chi connectivity index (χ2v) is 13.4. The highest BCUT2D eigenvalue weighted by Gasteiger charge is 2.26. The zero-order valence-corrected chi connectivity index (χ0v) is 27.5. The van der Waals surface area contributed by atoms with E-state index in [2.05, 4.69) is 47.4 Å². The van der Waals surface area contributed by atoms with E-state index in [4.69, 9.17) is 4.74 Å². The molecule has 4 aromatic rings. The van der Waals surface area contributed by atoms with Crippen molar-refractivity contribution < 1.29 is 24.2 Å². The maximum atomic E-state index is 13.1. The normalized spacial score (nSPS) is 12.8. The van der Waals surface area contributed by atoms with Gasteiger partial charge in [0.1, 0.15) is 17.8 Å². The Labute approximate surface area is 268 Å². The van der Waals surface area contributed by atoms with Gasteiger partial charge in [0.15, 0.2) is 5.82 Å². The van der Waals surface area contributed by atoms with Gasteiger partial charge in [0.2, 0.25) is 5.91 Å². The first-order valence-corrected chi connectivity index (χ1v) is 15.7. The van der Waals surface area contributed by atoms with Crippen molar-refractivity contribution in [1.82, 2.24) is 20.6 Å². The second kappa shape index (κ2) is 14.0. The van der Waals surface area contributed by atoms with Crippen molar-refractivity contribution in [2.24, 2.45) is 0 Å². The number of hydrogen-bond acceptors (Lipinski definition) is 7. The van der Waals surface area contributed by atoms with Crippen LogP contribution in [0.3, 0.4) is 0 Å². The van der Waals surface area contributed by atoms with E-state index in [1.54, 1.807) is 18.5 Å². The molecule has 45 heavy (non-hydrogen) atoms. The Balaban J connectivity index is 1.49. The van der Waals surface area contributed by atoms with Gasteiger partial charge in [-0.15, -0.1) is 11.3 Å². The minimum absolute atomic E-state index is 0.0964. The van der Waals surface area contributed by atoms with Crippen molar-refractivity contribution in [2.45, 2.75) is 78.5 Å². The van der Waals surface area contributed by atoms with E-state index in [1.165, 1.54) is 18.3 Å². The number of carboxylic acid groups (broad SMARTS) is 1. The van der Waals surface area contributed by atoms with E-state index in [0.29, 0.717) is 10.7 Å². The highest BCUT2D eigenvalue weighted by molar-refractivity contribution is 7.14. The Morgan fingerprint density at radius 1 is 0.889 bits per heavy atom. The minimum Gasteiger partial charge on any atom is -0.491 e. The molecule has 0 spiro atoms. The van der Waals surface area contributed by atoms with Gasteiger partial charge in [-0.25, -0.2) is 9.97 Å². The number of carboxylic acids is 1. The van der Waals surface area contributed by atoms with Crippen molar-refractivity contribution in [3.8, 4) is 28.3 Å². The summed E-state index contributed by atoms with van der Waals surface area (Å²) in [6, 6.07) is 15.0. The number of carbonyl (C=O) groups is 3. The zero-order valence-electron chi connectivity index (χ0n) is 26.7.